The van der Waals surface area contributed by atoms with Gasteiger partial charge in [-0.1, -0.05) is 24.8 Å². The summed E-state index contributed by atoms with van der Waals surface area (Å²) in [6.45, 7) is 3.57. The molecule has 1 aromatic rings. The summed E-state index contributed by atoms with van der Waals surface area (Å²) in [6, 6.07) is 5.01. The van der Waals surface area contributed by atoms with Crippen LogP contribution in [0.3, 0.4) is 0 Å². The number of phenols is 1. The summed E-state index contributed by atoms with van der Waals surface area (Å²) >= 11 is 0. The van der Waals surface area contributed by atoms with Crippen LogP contribution in [0.1, 0.15) is 5.56 Å². The zero-order valence-electron chi connectivity index (χ0n) is 8.60. The molecule has 0 amide bonds. The normalized spacial score (nSPS) is 10.5. The van der Waals surface area contributed by atoms with Crippen molar-refractivity contribution < 1.29 is 14.9 Å². The SMILES string of the molecule is C=C(/C=C/c1ccc(O)c(OC)c1)CO. The molecule has 80 valence electrons. The summed E-state index contributed by atoms with van der Waals surface area (Å²) < 4.78 is 4.96. The molecule has 0 fully saturated rings. The van der Waals surface area contributed by atoms with Crippen LogP contribution in [0, 0.1) is 0 Å². The second-order valence-electron chi connectivity index (χ2n) is 3.08. The van der Waals surface area contributed by atoms with Gasteiger partial charge in [0.25, 0.3) is 0 Å². The lowest BCUT2D eigenvalue weighted by atomic mass is 10.1. The molecular weight excluding hydrogens is 192 g/mol. The third-order valence-electron chi connectivity index (χ3n) is 1.92. The monoisotopic (exact) mass is 206 g/mol. The number of hydrogen-bond donors (Lipinski definition) is 2. The van der Waals surface area contributed by atoms with Crippen LogP contribution in [-0.4, -0.2) is 23.9 Å². The smallest absolute Gasteiger partial charge is 0.161 e. The number of benzene rings is 1. The average molecular weight is 206 g/mol. The van der Waals surface area contributed by atoms with Crippen LogP contribution < -0.4 is 4.74 Å². The summed E-state index contributed by atoms with van der Waals surface area (Å²) in [4.78, 5) is 0. The van der Waals surface area contributed by atoms with Gasteiger partial charge in [-0.25, -0.2) is 0 Å². The van der Waals surface area contributed by atoms with Crippen molar-refractivity contribution in [2.24, 2.45) is 0 Å². The van der Waals surface area contributed by atoms with Gasteiger partial charge in [-0.05, 0) is 23.3 Å². The maximum Gasteiger partial charge on any atom is 0.161 e. The highest BCUT2D eigenvalue weighted by molar-refractivity contribution is 5.57. The Hall–Kier alpha value is -1.74. The standard InChI is InChI=1S/C12H14O3/c1-9(8-13)3-4-10-5-6-11(14)12(7-10)15-2/h3-7,13-14H,1,8H2,2H3/b4-3+. The minimum absolute atomic E-state index is 0.0638. The van der Waals surface area contributed by atoms with Crippen molar-refractivity contribution >= 4 is 6.08 Å². The van der Waals surface area contributed by atoms with Crippen molar-refractivity contribution in [2.45, 2.75) is 0 Å². The predicted octanol–water partition coefficient (Wildman–Crippen LogP) is 1.96. The molecule has 3 nitrogen and oxygen atoms in total. The summed E-state index contributed by atoms with van der Waals surface area (Å²) in [6.07, 6.45) is 3.51. The maximum absolute atomic E-state index is 9.35. The number of hydrogen-bond acceptors (Lipinski definition) is 3. The largest absolute Gasteiger partial charge is 0.504 e. The van der Waals surface area contributed by atoms with Crippen molar-refractivity contribution in [3.63, 3.8) is 0 Å². The van der Waals surface area contributed by atoms with Crippen LogP contribution in [0.25, 0.3) is 6.08 Å². The molecule has 1 aromatic carbocycles. The average Bonchev–Trinajstić information content (AvgIpc) is 2.27. The number of aliphatic hydroxyl groups excluding tert-OH is 1. The number of ether oxygens (including phenoxy) is 1. The van der Waals surface area contributed by atoms with E-state index in [1.165, 1.54) is 7.11 Å². The minimum atomic E-state index is -0.0638. The van der Waals surface area contributed by atoms with E-state index in [0.717, 1.165) is 5.56 Å². The Morgan fingerprint density at radius 2 is 2.27 bits per heavy atom. The zero-order valence-corrected chi connectivity index (χ0v) is 8.60. The molecule has 0 atom stereocenters. The molecule has 0 radical (unpaired) electrons. The highest BCUT2D eigenvalue weighted by Gasteiger charge is 1.99. The Morgan fingerprint density at radius 3 is 2.87 bits per heavy atom. The molecule has 2 N–H and O–H groups in total. The van der Waals surface area contributed by atoms with Gasteiger partial charge in [0.1, 0.15) is 0 Å². The molecule has 0 aliphatic rings. The topological polar surface area (TPSA) is 49.7 Å². The molecule has 0 aliphatic heterocycles. The van der Waals surface area contributed by atoms with Gasteiger partial charge in [-0.3, -0.25) is 0 Å². The van der Waals surface area contributed by atoms with E-state index in [1.807, 2.05) is 0 Å². The highest BCUT2D eigenvalue weighted by Crippen LogP contribution is 2.26. The predicted molar refractivity (Wildman–Crippen MR) is 59.9 cm³/mol. The van der Waals surface area contributed by atoms with Crippen LogP contribution in [0.15, 0.2) is 36.4 Å². The molecule has 0 heterocycles. The number of phenolic OH excluding ortho intramolecular Hbond substituents is 1. The van der Waals surface area contributed by atoms with Crippen LogP contribution in [-0.2, 0) is 0 Å². The van der Waals surface area contributed by atoms with Crippen molar-refractivity contribution in [3.8, 4) is 11.5 Å². The van der Waals surface area contributed by atoms with Crippen LogP contribution in [0.4, 0.5) is 0 Å². The van der Waals surface area contributed by atoms with Gasteiger partial charge in [-0.2, -0.15) is 0 Å². The molecule has 15 heavy (non-hydrogen) atoms. The first-order valence-corrected chi connectivity index (χ1v) is 4.51. The fraction of sp³-hybridized carbons (Fsp3) is 0.167. The quantitative estimate of drug-likeness (QED) is 0.740. The van der Waals surface area contributed by atoms with Gasteiger partial charge in [0.05, 0.1) is 13.7 Å². The van der Waals surface area contributed by atoms with Crippen molar-refractivity contribution in [3.05, 3.63) is 42.0 Å². The van der Waals surface area contributed by atoms with Crippen LogP contribution >= 0.6 is 0 Å². The fourth-order valence-corrected chi connectivity index (χ4v) is 1.06. The van der Waals surface area contributed by atoms with Gasteiger partial charge < -0.3 is 14.9 Å². The zero-order chi connectivity index (χ0) is 11.3. The highest BCUT2D eigenvalue weighted by atomic mass is 16.5. The number of aliphatic hydroxyl groups is 1. The molecule has 0 aromatic heterocycles. The summed E-state index contributed by atoms with van der Waals surface area (Å²) in [7, 11) is 1.50. The minimum Gasteiger partial charge on any atom is -0.504 e. The molecule has 3 heteroatoms. The van der Waals surface area contributed by atoms with Gasteiger partial charge in [0.2, 0.25) is 0 Å². The van der Waals surface area contributed by atoms with E-state index < -0.39 is 0 Å². The Kier molecular flexibility index (Phi) is 3.94. The molecule has 0 spiro atoms. The first-order chi connectivity index (χ1) is 7.17. The van der Waals surface area contributed by atoms with Gasteiger partial charge in [-0.15, -0.1) is 0 Å². The van der Waals surface area contributed by atoms with Gasteiger partial charge in [0, 0.05) is 0 Å². The summed E-state index contributed by atoms with van der Waals surface area (Å²) in [5.74, 6) is 0.530. The van der Waals surface area contributed by atoms with E-state index in [4.69, 9.17) is 9.84 Å². The third-order valence-corrected chi connectivity index (χ3v) is 1.92. The van der Waals surface area contributed by atoms with E-state index >= 15 is 0 Å². The van der Waals surface area contributed by atoms with Crippen molar-refractivity contribution in [1.82, 2.24) is 0 Å². The summed E-state index contributed by atoms with van der Waals surface area (Å²) in [5, 5.41) is 18.1. The van der Waals surface area contributed by atoms with Crippen molar-refractivity contribution in [1.29, 1.82) is 0 Å². The number of aromatic hydroxyl groups is 1. The van der Waals surface area contributed by atoms with E-state index in [9.17, 15) is 5.11 Å². The molecule has 1 rings (SSSR count). The second-order valence-corrected chi connectivity index (χ2v) is 3.08. The maximum atomic E-state index is 9.35. The Labute approximate surface area is 88.9 Å². The van der Waals surface area contributed by atoms with Crippen LogP contribution in [0.5, 0.6) is 11.5 Å². The van der Waals surface area contributed by atoms with Crippen LogP contribution in [0.2, 0.25) is 0 Å². The first kappa shape index (κ1) is 11.3. The third kappa shape index (κ3) is 3.14. The second kappa shape index (κ2) is 5.22. The Morgan fingerprint density at radius 1 is 1.53 bits per heavy atom. The lowest BCUT2D eigenvalue weighted by Crippen LogP contribution is -1.85. The molecule has 0 bridgehead atoms. The Balaban J connectivity index is 2.87. The molecule has 0 unspecified atom stereocenters. The van der Waals surface area contributed by atoms with Crippen molar-refractivity contribution in [2.75, 3.05) is 13.7 Å². The van der Waals surface area contributed by atoms with E-state index in [-0.39, 0.29) is 12.4 Å². The van der Waals surface area contributed by atoms with Gasteiger partial charge in [0.15, 0.2) is 11.5 Å². The fourth-order valence-electron chi connectivity index (χ4n) is 1.06. The van der Waals surface area contributed by atoms with Gasteiger partial charge >= 0.3 is 0 Å². The summed E-state index contributed by atoms with van der Waals surface area (Å²) in [5.41, 5.74) is 1.50. The van der Waals surface area contributed by atoms with E-state index in [2.05, 4.69) is 6.58 Å². The number of rotatable bonds is 4. The lowest BCUT2D eigenvalue weighted by Gasteiger charge is -2.03. The first-order valence-electron chi connectivity index (χ1n) is 4.51. The molecular formula is C12H14O3. The molecule has 0 aliphatic carbocycles. The molecule has 0 saturated heterocycles. The number of methoxy groups -OCH3 is 1. The van der Waals surface area contributed by atoms with E-state index in [0.29, 0.717) is 11.3 Å². The molecule has 0 saturated carbocycles. The Bertz CT molecular complexity index is 380. The lowest BCUT2D eigenvalue weighted by molar-refractivity contribution is 0.335. The van der Waals surface area contributed by atoms with E-state index in [1.54, 1.807) is 30.4 Å².